The molecule has 4 heteroatoms. The lowest BCUT2D eigenvalue weighted by Crippen LogP contribution is -2.26. The predicted molar refractivity (Wildman–Crippen MR) is 47.3 cm³/mol. The number of hydrogen-bond acceptors (Lipinski definition) is 2. The number of alkyl halides is 1. The second-order valence-corrected chi connectivity index (χ2v) is 3.00. The Morgan fingerprint density at radius 3 is 2.36 bits per heavy atom. The van der Waals surface area contributed by atoms with Crippen LogP contribution in [-0.2, 0) is 10.5 Å². The summed E-state index contributed by atoms with van der Waals surface area (Å²) in [5.74, 6) is -1.54. The Morgan fingerprint density at radius 2 is 2.00 bits per heavy atom. The van der Waals surface area contributed by atoms with Gasteiger partial charge in [-0.25, -0.2) is 9.18 Å². The zero-order valence-electron chi connectivity index (χ0n) is 7.49. The van der Waals surface area contributed by atoms with Crippen molar-refractivity contribution in [2.75, 3.05) is 0 Å². The quantitative estimate of drug-likeness (QED) is 0.779. The molecule has 0 spiro atoms. The molecule has 1 atom stereocenters. The van der Waals surface area contributed by atoms with Gasteiger partial charge in [-0.1, -0.05) is 12.1 Å². The molecule has 1 rings (SSSR count). The average molecular weight is 193 g/mol. The molecule has 72 valence electrons. The van der Waals surface area contributed by atoms with Crippen LogP contribution in [0.2, 0.25) is 0 Å². The van der Waals surface area contributed by atoms with Crippen molar-refractivity contribution in [2.45, 2.75) is 12.6 Å². The van der Waals surface area contributed by atoms with Crippen molar-refractivity contribution in [1.29, 1.82) is 5.26 Å². The minimum atomic E-state index is -2.41. The molecule has 0 heterocycles. The van der Waals surface area contributed by atoms with Crippen molar-refractivity contribution >= 4 is 5.97 Å². The normalized spacial score (nSPS) is 14.1. The maximum atomic E-state index is 13.5. The van der Waals surface area contributed by atoms with E-state index in [0.717, 1.165) is 6.92 Å². The molecular weight excluding hydrogens is 185 g/mol. The van der Waals surface area contributed by atoms with E-state index in [1.807, 2.05) is 6.07 Å². The summed E-state index contributed by atoms with van der Waals surface area (Å²) in [5, 5.41) is 17.1. The second kappa shape index (κ2) is 3.46. The molecule has 0 amide bonds. The van der Waals surface area contributed by atoms with Gasteiger partial charge < -0.3 is 5.11 Å². The van der Waals surface area contributed by atoms with Crippen molar-refractivity contribution in [3.05, 3.63) is 35.4 Å². The van der Waals surface area contributed by atoms with Gasteiger partial charge in [-0.3, -0.25) is 0 Å². The fourth-order valence-electron chi connectivity index (χ4n) is 0.981. The number of nitriles is 1. The van der Waals surface area contributed by atoms with Crippen LogP contribution in [0.4, 0.5) is 4.39 Å². The van der Waals surface area contributed by atoms with Gasteiger partial charge in [-0.15, -0.1) is 0 Å². The highest BCUT2D eigenvalue weighted by molar-refractivity contribution is 5.78. The van der Waals surface area contributed by atoms with E-state index in [2.05, 4.69) is 0 Å². The van der Waals surface area contributed by atoms with Gasteiger partial charge >= 0.3 is 5.97 Å². The van der Waals surface area contributed by atoms with E-state index in [9.17, 15) is 9.18 Å². The summed E-state index contributed by atoms with van der Waals surface area (Å²) in [4.78, 5) is 10.5. The Kier molecular flexibility index (Phi) is 2.52. The van der Waals surface area contributed by atoms with E-state index in [0.29, 0.717) is 5.56 Å². The van der Waals surface area contributed by atoms with Crippen LogP contribution in [-0.4, -0.2) is 11.1 Å². The van der Waals surface area contributed by atoms with E-state index in [1.165, 1.54) is 24.3 Å². The Balaban J connectivity index is 3.10. The van der Waals surface area contributed by atoms with Crippen LogP contribution in [0.25, 0.3) is 0 Å². The molecule has 0 fully saturated rings. The van der Waals surface area contributed by atoms with Gasteiger partial charge in [-0.2, -0.15) is 5.26 Å². The molecule has 0 aliphatic rings. The van der Waals surface area contributed by atoms with Crippen LogP contribution in [0, 0.1) is 11.3 Å². The molecule has 0 radical (unpaired) electrons. The second-order valence-electron chi connectivity index (χ2n) is 3.00. The molecule has 0 aromatic heterocycles. The molecule has 0 bridgehead atoms. The third kappa shape index (κ3) is 1.72. The first-order chi connectivity index (χ1) is 6.48. The van der Waals surface area contributed by atoms with Crippen LogP contribution >= 0.6 is 0 Å². The van der Waals surface area contributed by atoms with E-state index in [-0.39, 0.29) is 5.56 Å². The van der Waals surface area contributed by atoms with E-state index in [1.54, 1.807) is 0 Å². The summed E-state index contributed by atoms with van der Waals surface area (Å²) >= 11 is 0. The van der Waals surface area contributed by atoms with Gasteiger partial charge in [-0.05, 0) is 19.1 Å². The van der Waals surface area contributed by atoms with Crippen LogP contribution in [0.15, 0.2) is 24.3 Å². The molecule has 1 aromatic rings. The maximum Gasteiger partial charge on any atom is 0.345 e. The highest BCUT2D eigenvalue weighted by Crippen LogP contribution is 2.25. The largest absolute Gasteiger partial charge is 0.479 e. The fraction of sp³-hybridized carbons (Fsp3) is 0.200. The average Bonchev–Trinajstić information content (AvgIpc) is 2.17. The van der Waals surface area contributed by atoms with E-state index in [4.69, 9.17) is 10.4 Å². The third-order valence-electron chi connectivity index (χ3n) is 1.96. The summed E-state index contributed by atoms with van der Waals surface area (Å²) < 4.78 is 13.5. The maximum absolute atomic E-state index is 13.5. The van der Waals surface area contributed by atoms with Gasteiger partial charge in [0.1, 0.15) is 0 Å². The minimum Gasteiger partial charge on any atom is -0.479 e. The zero-order valence-corrected chi connectivity index (χ0v) is 7.49. The standard InChI is InChI=1S/C10H8FNO2/c1-10(11,9(13)14)8-4-2-7(6-12)3-5-8/h2-5H,1H3,(H,13,14). The SMILES string of the molecule is CC(F)(C(=O)O)c1ccc(C#N)cc1. The highest BCUT2D eigenvalue weighted by Gasteiger charge is 2.34. The van der Waals surface area contributed by atoms with Crippen molar-refractivity contribution in [3.8, 4) is 6.07 Å². The molecule has 1 aromatic carbocycles. The molecule has 14 heavy (non-hydrogen) atoms. The topological polar surface area (TPSA) is 61.1 Å². The number of carboxylic acids is 1. The van der Waals surface area contributed by atoms with Crippen LogP contribution < -0.4 is 0 Å². The van der Waals surface area contributed by atoms with Crippen molar-refractivity contribution in [2.24, 2.45) is 0 Å². The van der Waals surface area contributed by atoms with Crippen molar-refractivity contribution in [1.82, 2.24) is 0 Å². The van der Waals surface area contributed by atoms with Crippen LogP contribution in [0.5, 0.6) is 0 Å². The fourth-order valence-corrected chi connectivity index (χ4v) is 0.981. The van der Waals surface area contributed by atoms with E-state index < -0.39 is 11.6 Å². The van der Waals surface area contributed by atoms with Gasteiger partial charge in [0.15, 0.2) is 0 Å². The van der Waals surface area contributed by atoms with Crippen molar-refractivity contribution < 1.29 is 14.3 Å². The number of nitrogens with zero attached hydrogens (tertiary/aromatic N) is 1. The first-order valence-corrected chi connectivity index (χ1v) is 3.91. The molecule has 3 nitrogen and oxygen atoms in total. The number of aliphatic carboxylic acids is 1. The molecule has 0 aliphatic heterocycles. The smallest absolute Gasteiger partial charge is 0.345 e. The Bertz CT molecular complexity index is 390. The van der Waals surface area contributed by atoms with Crippen LogP contribution in [0.3, 0.4) is 0 Å². The number of rotatable bonds is 2. The van der Waals surface area contributed by atoms with Gasteiger partial charge in [0, 0.05) is 5.56 Å². The summed E-state index contributed by atoms with van der Waals surface area (Å²) in [5.41, 5.74) is -2.01. The minimum absolute atomic E-state index is 0.0315. The Morgan fingerprint density at radius 1 is 1.50 bits per heavy atom. The Labute approximate surface area is 80.4 Å². The number of carbonyl (C=O) groups is 1. The third-order valence-corrected chi connectivity index (χ3v) is 1.96. The zero-order chi connectivity index (χ0) is 10.8. The number of benzene rings is 1. The van der Waals surface area contributed by atoms with E-state index >= 15 is 0 Å². The molecule has 0 aliphatic carbocycles. The lowest BCUT2D eigenvalue weighted by atomic mass is 9.97. The number of carboxylic acid groups (broad SMARTS) is 1. The first-order valence-electron chi connectivity index (χ1n) is 3.91. The summed E-state index contributed by atoms with van der Waals surface area (Å²) in [6.07, 6.45) is 0. The monoisotopic (exact) mass is 193 g/mol. The Hall–Kier alpha value is -1.89. The van der Waals surface area contributed by atoms with Gasteiger partial charge in [0.25, 0.3) is 0 Å². The van der Waals surface area contributed by atoms with Gasteiger partial charge in [0.2, 0.25) is 5.67 Å². The number of hydrogen-bond donors (Lipinski definition) is 1. The van der Waals surface area contributed by atoms with Gasteiger partial charge in [0.05, 0.1) is 11.6 Å². The molecule has 1 unspecified atom stereocenters. The van der Waals surface area contributed by atoms with Crippen molar-refractivity contribution in [3.63, 3.8) is 0 Å². The molecular formula is C10H8FNO2. The molecule has 1 N–H and O–H groups in total. The van der Waals surface area contributed by atoms with Crippen LogP contribution in [0.1, 0.15) is 18.1 Å². The predicted octanol–water partition coefficient (Wildman–Crippen LogP) is 1.83. The summed E-state index contributed by atoms with van der Waals surface area (Å²) in [7, 11) is 0. The summed E-state index contributed by atoms with van der Waals surface area (Å²) in [6.45, 7) is 0.969. The lowest BCUT2D eigenvalue weighted by molar-refractivity contribution is -0.150. The molecule has 0 saturated carbocycles. The first kappa shape index (κ1) is 10.2. The number of halogens is 1. The molecule has 0 saturated heterocycles. The highest BCUT2D eigenvalue weighted by atomic mass is 19.1. The summed E-state index contributed by atoms with van der Waals surface area (Å²) in [6, 6.07) is 7.23. The lowest BCUT2D eigenvalue weighted by Gasteiger charge is -2.14.